The number of benzene rings is 3. The third-order valence-corrected chi connectivity index (χ3v) is 6.28. The number of carbonyl (C=O) groups excluding carboxylic acids is 1. The molecule has 0 aliphatic rings. The summed E-state index contributed by atoms with van der Waals surface area (Å²) in [4.78, 5) is 17.4. The third-order valence-electron chi connectivity index (χ3n) is 4.75. The number of carbonyl (C=O) groups is 1. The second-order valence-corrected chi connectivity index (χ2v) is 8.71. The van der Waals surface area contributed by atoms with Crippen LogP contribution >= 0.6 is 28.3 Å². The summed E-state index contributed by atoms with van der Waals surface area (Å²) < 4.78 is 64.4. The first-order valence-corrected chi connectivity index (χ1v) is 11.8. The molecule has 4 rings (SSSR count). The van der Waals surface area contributed by atoms with Crippen molar-refractivity contribution in [1.29, 1.82) is 0 Å². The second-order valence-electron chi connectivity index (χ2n) is 6.97. The van der Waals surface area contributed by atoms with Gasteiger partial charge in [0, 0.05) is 10.9 Å². The Morgan fingerprint density at radius 3 is 2.31 bits per heavy atom. The lowest BCUT2D eigenvalue weighted by Gasteiger charge is -2.21. The van der Waals surface area contributed by atoms with Crippen molar-refractivity contribution in [3.05, 3.63) is 95.4 Å². The molecule has 0 radical (unpaired) electrons. The molecular weight excluding hydrogens is 567 g/mol. The van der Waals surface area contributed by atoms with Gasteiger partial charge in [-0.25, -0.2) is 17.7 Å². The number of nitrogens with zero attached hydrogens (tertiary/aromatic N) is 2. The van der Waals surface area contributed by atoms with E-state index in [-0.39, 0.29) is 39.1 Å². The van der Waals surface area contributed by atoms with Crippen LogP contribution in [0.2, 0.25) is 0 Å². The molecule has 0 saturated heterocycles. The van der Waals surface area contributed by atoms with Gasteiger partial charge in [-0.15, -0.1) is 28.3 Å². The summed E-state index contributed by atoms with van der Waals surface area (Å²) in [6.45, 7) is 0. The molecule has 4 aromatic rings. The van der Waals surface area contributed by atoms with Crippen LogP contribution < -0.4 is 9.62 Å². The Labute approximate surface area is 214 Å². The van der Waals surface area contributed by atoms with Crippen LogP contribution in [0.25, 0.3) is 11.3 Å². The van der Waals surface area contributed by atoms with Gasteiger partial charge in [0.15, 0.2) is 5.13 Å². The van der Waals surface area contributed by atoms with Crippen LogP contribution in [-0.4, -0.2) is 19.3 Å². The van der Waals surface area contributed by atoms with Gasteiger partial charge in [0.2, 0.25) is 10.9 Å². The normalized spacial score (nSPS) is 11.1. The lowest BCUT2D eigenvalue weighted by molar-refractivity contribution is -0.137. The zero-order valence-corrected chi connectivity index (χ0v) is 21.0. The summed E-state index contributed by atoms with van der Waals surface area (Å²) in [7, 11) is -3.42. The third kappa shape index (κ3) is 6.08. The van der Waals surface area contributed by atoms with Crippen LogP contribution in [0.15, 0.2) is 84.2 Å². The number of amides is 1. The van der Waals surface area contributed by atoms with Gasteiger partial charge in [-0.3, -0.25) is 10.1 Å². The van der Waals surface area contributed by atoms with Crippen LogP contribution in [0.3, 0.4) is 0 Å². The van der Waals surface area contributed by atoms with E-state index in [1.165, 1.54) is 41.7 Å². The molecule has 1 aromatic heterocycles. The molecular formula is C23H17BrF3N3O3S2. The van der Waals surface area contributed by atoms with E-state index in [9.17, 15) is 26.4 Å². The van der Waals surface area contributed by atoms with Gasteiger partial charge in [-0.2, -0.15) is 13.2 Å². The summed E-state index contributed by atoms with van der Waals surface area (Å²) in [5, 5.41) is 4.69. The van der Waals surface area contributed by atoms with Crippen LogP contribution in [0, 0.1) is 0 Å². The average Bonchev–Trinajstić information content (AvgIpc) is 3.28. The molecule has 35 heavy (non-hydrogen) atoms. The molecule has 1 amide bonds. The van der Waals surface area contributed by atoms with Crippen LogP contribution in [0.4, 0.5) is 29.7 Å². The minimum atomic E-state index is -4.66. The number of alkyl halides is 3. The Hall–Kier alpha value is -3.22. The van der Waals surface area contributed by atoms with Gasteiger partial charge in [0.25, 0.3) is 5.91 Å². The summed E-state index contributed by atoms with van der Waals surface area (Å²) in [6.07, 6.45) is -4.66. The maximum Gasteiger partial charge on any atom is 0.416 e. The molecule has 182 valence electrons. The molecule has 6 nitrogen and oxygen atoms in total. The van der Waals surface area contributed by atoms with E-state index in [4.69, 9.17) is 0 Å². The van der Waals surface area contributed by atoms with E-state index < -0.39 is 28.5 Å². The van der Waals surface area contributed by atoms with E-state index >= 15 is 0 Å². The number of thiazole rings is 1. The molecule has 0 saturated carbocycles. The van der Waals surface area contributed by atoms with E-state index in [1.807, 2.05) is 30.3 Å². The lowest BCUT2D eigenvalue weighted by atomic mass is 10.1. The molecule has 0 unspecified atom stereocenters. The Balaban J connectivity index is 0.00000342. The van der Waals surface area contributed by atoms with Gasteiger partial charge < -0.3 is 0 Å². The van der Waals surface area contributed by atoms with Gasteiger partial charge in [-0.1, -0.05) is 48.5 Å². The Morgan fingerprint density at radius 1 is 0.943 bits per heavy atom. The van der Waals surface area contributed by atoms with Crippen molar-refractivity contribution in [3.8, 4) is 11.3 Å². The van der Waals surface area contributed by atoms with Crippen molar-refractivity contribution >= 4 is 61.6 Å². The minimum absolute atomic E-state index is 0. The van der Waals surface area contributed by atoms with Crippen molar-refractivity contribution in [2.24, 2.45) is 0 Å². The standard InChI is InChI=1S/C23H16F3N3O3S2.BrH/c24-23(25,26)16-9-6-10-17(13-16)29(34(31)32)20-12-5-4-11-18(20)21(30)28-22-27-19(14-33-22)15-7-2-1-3-8-15;/h1-14,34H,(H,27,28,30);1H. The summed E-state index contributed by atoms with van der Waals surface area (Å²) >= 11 is 1.19. The number of para-hydroxylation sites is 1. The zero-order chi connectivity index (χ0) is 24.3. The zero-order valence-electron chi connectivity index (χ0n) is 17.6. The van der Waals surface area contributed by atoms with E-state index in [0.29, 0.717) is 16.1 Å². The van der Waals surface area contributed by atoms with Crippen LogP contribution in [0.1, 0.15) is 15.9 Å². The first kappa shape index (κ1) is 26.4. The molecule has 0 spiro atoms. The SMILES string of the molecule is Br.O=C(Nc1nc(-c2ccccc2)cs1)c1ccccc1N(c1cccc(C(F)(F)F)c1)[SH](=O)=O. The van der Waals surface area contributed by atoms with Crippen molar-refractivity contribution in [2.75, 3.05) is 9.62 Å². The number of aromatic nitrogens is 1. The highest BCUT2D eigenvalue weighted by Gasteiger charge is 2.31. The summed E-state index contributed by atoms with van der Waals surface area (Å²) in [5.74, 6) is -0.654. The fraction of sp³-hybridized carbons (Fsp3) is 0.0435. The highest BCUT2D eigenvalue weighted by atomic mass is 79.9. The van der Waals surface area contributed by atoms with Gasteiger partial charge in [0.05, 0.1) is 28.2 Å². The van der Waals surface area contributed by atoms with E-state index in [1.54, 1.807) is 5.38 Å². The molecule has 0 fully saturated rings. The number of halogens is 4. The van der Waals surface area contributed by atoms with Crippen LogP contribution in [0.5, 0.6) is 0 Å². The topological polar surface area (TPSA) is 79.4 Å². The molecule has 3 aromatic carbocycles. The first-order chi connectivity index (χ1) is 16.2. The Kier molecular flexibility index (Phi) is 8.30. The van der Waals surface area contributed by atoms with Gasteiger partial charge in [0.1, 0.15) is 0 Å². The summed E-state index contributed by atoms with van der Waals surface area (Å²) in [5.41, 5.74) is 0.129. The fourth-order valence-electron chi connectivity index (χ4n) is 3.22. The predicted octanol–water partition coefficient (Wildman–Crippen LogP) is 6.32. The van der Waals surface area contributed by atoms with Crippen molar-refractivity contribution in [3.63, 3.8) is 0 Å². The quantitative estimate of drug-likeness (QED) is 0.260. The summed E-state index contributed by atoms with van der Waals surface area (Å²) in [6, 6.07) is 18.9. The number of thiol groups is 1. The van der Waals surface area contributed by atoms with E-state index in [0.717, 1.165) is 17.7 Å². The van der Waals surface area contributed by atoms with E-state index in [2.05, 4.69) is 10.3 Å². The molecule has 0 aliphatic heterocycles. The number of hydrogen-bond donors (Lipinski definition) is 2. The molecule has 12 heteroatoms. The lowest BCUT2D eigenvalue weighted by Crippen LogP contribution is -2.21. The monoisotopic (exact) mass is 583 g/mol. The maximum atomic E-state index is 13.2. The van der Waals surface area contributed by atoms with Crippen molar-refractivity contribution in [2.45, 2.75) is 6.18 Å². The highest BCUT2D eigenvalue weighted by molar-refractivity contribution is 8.93. The van der Waals surface area contributed by atoms with Crippen LogP contribution in [-0.2, 0) is 17.1 Å². The highest BCUT2D eigenvalue weighted by Crippen LogP contribution is 2.35. The maximum absolute atomic E-state index is 13.2. The molecule has 0 bridgehead atoms. The number of hydrogen-bond acceptors (Lipinski definition) is 5. The molecule has 1 N–H and O–H groups in total. The minimum Gasteiger partial charge on any atom is -0.298 e. The van der Waals surface area contributed by atoms with Crippen molar-refractivity contribution < 1.29 is 26.4 Å². The first-order valence-electron chi connectivity index (χ1n) is 9.77. The molecule has 0 aliphatic carbocycles. The van der Waals surface area contributed by atoms with Crippen molar-refractivity contribution in [1.82, 2.24) is 4.98 Å². The predicted molar refractivity (Wildman–Crippen MR) is 136 cm³/mol. The number of anilines is 3. The Bertz CT molecular complexity index is 1400. The largest absolute Gasteiger partial charge is 0.416 e. The Morgan fingerprint density at radius 2 is 1.63 bits per heavy atom. The van der Waals surface area contributed by atoms with Gasteiger partial charge >= 0.3 is 6.18 Å². The second kappa shape index (κ2) is 11.0. The number of nitrogens with one attached hydrogen (secondary N) is 1. The number of rotatable bonds is 6. The fourth-order valence-corrected chi connectivity index (χ4v) is 4.60. The smallest absolute Gasteiger partial charge is 0.298 e. The molecule has 0 atom stereocenters. The molecule has 1 heterocycles. The average molecular weight is 584 g/mol. The van der Waals surface area contributed by atoms with Gasteiger partial charge in [-0.05, 0) is 30.3 Å².